The van der Waals surface area contributed by atoms with E-state index in [1.54, 1.807) is 11.1 Å². The van der Waals surface area contributed by atoms with Crippen molar-refractivity contribution in [2.24, 2.45) is 10.8 Å². The van der Waals surface area contributed by atoms with E-state index in [2.05, 4.69) is 154 Å². The molecule has 0 N–H and O–H groups in total. The van der Waals surface area contributed by atoms with Crippen LogP contribution < -0.4 is 0 Å². The molecule has 0 aliphatic heterocycles. The highest BCUT2D eigenvalue weighted by molar-refractivity contribution is 5.39. The summed E-state index contributed by atoms with van der Waals surface area (Å²) in [6, 6.07) is 0. The fraction of sp³-hybridized carbons (Fsp3) is 0.450. The molecule has 0 spiro atoms. The van der Waals surface area contributed by atoms with Crippen molar-refractivity contribution in [3.63, 3.8) is 0 Å². The van der Waals surface area contributed by atoms with Crippen LogP contribution in [0.15, 0.2) is 130 Å². The van der Waals surface area contributed by atoms with Gasteiger partial charge in [0.1, 0.15) is 0 Å². The largest absolute Gasteiger partial charge is 0.0696 e. The van der Waals surface area contributed by atoms with Crippen LogP contribution in [0.4, 0.5) is 0 Å². The zero-order valence-corrected chi connectivity index (χ0v) is 27.3. The van der Waals surface area contributed by atoms with Crippen molar-refractivity contribution in [3.8, 4) is 0 Å². The molecule has 0 aromatic carbocycles. The highest BCUT2D eigenvalue weighted by Crippen LogP contribution is 2.41. The van der Waals surface area contributed by atoms with Gasteiger partial charge in [0.25, 0.3) is 0 Å². The average Bonchev–Trinajstić information content (AvgIpc) is 2.85. The Morgan fingerprint density at radius 3 is 1.18 bits per heavy atom. The van der Waals surface area contributed by atoms with Crippen molar-refractivity contribution in [2.45, 2.75) is 108 Å². The van der Waals surface area contributed by atoms with Crippen LogP contribution in [0.3, 0.4) is 0 Å². The Hall–Kier alpha value is -2.86. The van der Waals surface area contributed by atoms with Gasteiger partial charge in [-0.15, -0.1) is 0 Å². The average molecular weight is 537 g/mol. The van der Waals surface area contributed by atoms with E-state index in [9.17, 15) is 0 Å². The molecule has 0 unspecified atom stereocenters. The minimum Gasteiger partial charge on any atom is -0.0696 e. The van der Waals surface area contributed by atoms with Gasteiger partial charge in [-0.25, -0.2) is 0 Å². The molecule has 216 valence electrons. The van der Waals surface area contributed by atoms with Crippen molar-refractivity contribution in [3.05, 3.63) is 130 Å². The summed E-state index contributed by atoms with van der Waals surface area (Å²) >= 11 is 0. The first kappa shape index (κ1) is 33.3. The van der Waals surface area contributed by atoms with Gasteiger partial charge in [0.15, 0.2) is 0 Å². The zero-order valence-electron chi connectivity index (χ0n) is 27.3. The molecule has 0 amide bonds. The van der Waals surface area contributed by atoms with Crippen molar-refractivity contribution < 1.29 is 0 Å². The van der Waals surface area contributed by atoms with Crippen LogP contribution >= 0.6 is 0 Å². The van der Waals surface area contributed by atoms with E-state index >= 15 is 0 Å². The summed E-state index contributed by atoms with van der Waals surface area (Å²) in [5.74, 6) is 0. The molecule has 2 aliphatic carbocycles. The van der Waals surface area contributed by atoms with Gasteiger partial charge in [0.05, 0.1) is 0 Å². The minimum atomic E-state index is 0.291. The highest BCUT2D eigenvalue weighted by atomic mass is 14.3. The van der Waals surface area contributed by atoms with E-state index in [4.69, 9.17) is 0 Å². The Balaban J connectivity index is 1.89. The summed E-state index contributed by atoms with van der Waals surface area (Å²) in [6.45, 7) is 22.7. The Labute approximate surface area is 247 Å². The van der Waals surface area contributed by atoms with Crippen LogP contribution in [0.5, 0.6) is 0 Å². The third-order valence-corrected chi connectivity index (χ3v) is 8.38. The predicted molar refractivity (Wildman–Crippen MR) is 181 cm³/mol. The summed E-state index contributed by atoms with van der Waals surface area (Å²) in [7, 11) is 0. The van der Waals surface area contributed by atoms with E-state index in [0.717, 1.165) is 0 Å². The van der Waals surface area contributed by atoms with Crippen LogP contribution in [0.2, 0.25) is 0 Å². The third kappa shape index (κ3) is 11.3. The molecule has 0 atom stereocenters. The molecule has 0 fully saturated rings. The molecule has 0 saturated carbocycles. The summed E-state index contributed by atoms with van der Waals surface area (Å²) in [6.07, 6.45) is 38.4. The quantitative estimate of drug-likeness (QED) is 0.244. The molecule has 0 bridgehead atoms. The molecule has 0 heterocycles. The first-order chi connectivity index (χ1) is 18.8. The molecule has 0 aromatic rings. The van der Waals surface area contributed by atoms with Crippen LogP contribution in [0, 0.1) is 10.8 Å². The first-order valence-electron chi connectivity index (χ1n) is 15.3. The van der Waals surface area contributed by atoms with E-state index < -0.39 is 0 Å². The molecule has 2 aliphatic rings. The molecule has 0 saturated heterocycles. The van der Waals surface area contributed by atoms with Crippen LogP contribution in [0.25, 0.3) is 0 Å². The SMILES string of the molecule is CC1=C(/C=C/C(C)=C\C=C\C(C)=C/C=C/C=C(C)\C=C\C=C(C)/C=C/C2=C(C)CCCC2(C)C)C(C)(C)CCC1. The monoisotopic (exact) mass is 536 g/mol. The molecular weight excluding hydrogens is 480 g/mol. The van der Waals surface area contributed by atoms with Crippen LogP contribution in [0.1, 0.15) is 108 Å². The van der Waals surface area contributed by atoms with Crippen molar-refractivity contribution in [1.29, 1.82) is 0 Å². The van der Waals surface area contributed by atoms with Gasteiger partial charge in [-0.3, -0.25) is 0 Å². The normalized spacial score (nSPS) is 21.9. The van der Waals surface area contributed by atoms with Crippen molar-refractivity contribution >= 4 is 0 Å². The van der Waals surface area contributed by atoms with Crippen LogP contribution in [-0.2, 0) is 0 Å². The molecule has 0 heteroatoms. The minimum absolute atomic E-state index is 0.291. The Kier molecular flexibility index (Phi) is 13.2. The highest BCUT2D eigenvalue weighted by Gasteiger charge is 2.27. The number of rotatable bonds is 10. The molecule has 0 nitrogen and oxygen atoms in total. The summed E-state index contributed by atoms with van der Waals surface area (Å²) < 4.78 is 0. The van der Waals surface area contributed by atoms with E-state index in [0.29, 0.717) is 10.8 Å². The number of hydrogen-bond acceptors (Lipinski definition) is 0. The maximum Gasteiger partial charge on any atom is -0.0104 e. The second kappa shape index (κ2) is 15.8. The second-order valence-electron chi connectivity index (χ2n) is 13.3. The van der Waals surface area contributed by atoms with Gasteiger partial charge in [-0.1, -0.05) is 146 Å². The van der Waals surface area contributed by atoms with Gasteiger partial charge in [-0.05, 0) is 102 Å². The first-order valence-corrected chi connectivity index (χ1v) is 15.3. The summed E-state index contributed by atoms with van der Waals surface area (Å²) in [5, 5.41) is 0. The van der Waals surface area contributed by atoms with Gasteiger partial charge in [0, 0.05) is 0 Å². The predicted octanol–water partition coefficient (Wildman–Crippen LogP) is 12.6. The van der Waals surface area contributed by atoms with Crippen molar-refractivity contribution in [2.75, 3.05) is 0 Å². The van der Waals surface area contributed by atoms with Crippen molar-refractivity contribution in [1.82, 2.24) is 0 Å². The lowest BCUT2D eigenvalue weighted by Gasteiger charge is -2.33. The molecule has 0 radical (unpaired) electrons. The standard InChI is InChI=1S/C40H56/c1-31(19-13-21-33(3)25-27-37-35(5)23-15-29-39(37,7)8)17-11-12-18-32(2)20-14-22-34(4)26-28-38-36(6)24-16-30-40(38,9)10/h11-14,17-22,25-28H,15-16,23-24,29-30H2,1-10H3/b12-11+,19-13+,20-14+,27-25+,28-26+,31-17-,32-18-,33-21-,34-22-. The third-order valence-electron chi connectivity index (χ3n) is 8.38. The molecule has 2 rings (SSSR count). The lowest BCUT2D eigenvalue weighted by Crippen LogP contribution is -2.19. The second-order valence-corrected chi connectivity index (χ2v) is 13.3. The Morgan fingerprint density at radius 1 is 0.500 bits per heavy atom. The van der Waals surface area contributed by atoms with E-state index in [1.165, 1.54) is 72.0 Å². The van der Waals surface area contributed by atoms with Crippen LogP contribution in [-0.4, -0.2) is 0 Å². The lowest BCUT2D eigenvalue weighted by atomic mass is 9.72. The van der Waals surface area contributed by atoms with Gasteiger partial charge >= 0.3 is 0 Å². The summed E-state index contributed by atoms with van der Waals surface area (Å²) in [5.41, 5.74) is 11.7. The topological polar surface area (TPSA) is 0 Å². The molecule has 0 aromatic heterocycles. The van der Waals surface area contributed by atoms with Gasteiger partial charge in [0.2, 0.25) is 0 Å². The maximum absolute atomic E-state index is 2.37. The van der Waals surface area contributed by atoms with Gasteiger partial charge < -0.3 is 0 Å². The fourth-order valence-corrected chi connectivity index (χ4v) is 5.79. The van der Waals surface area contributed by atoms with Gasteiger partial charge in [-0.2, -0.15) is 0 Å². The fourth-order valence-electron chi connectivity index (χ4n) is 5.79. The Morgan fingerprint density at radius 2 is 0.825 bits per heavy atom. The molecule has 40 heavy (non-hydrogen) atoms. The molecular formula is C40H56. The van der Waals surface area contributed by atoms with E-state index in [1.807, 2.05) is 0 Å². The summed E-state index contributed by atoms with van der Waals surface area (Å²) in [4.78, 5) is 0. The Bertz CT molecular complexity index is 1120. The maximum atomic E-state index is 2.37. The number of allylic oxidation sites excluding steroid dienone is 22. The number of hydrogen-bond donors (Lipinski definition) is 0. The zero-order chi connectivity index (χ0) is 29.8. The van der Waals surface area contributed by atoms with E-state index in [-0.39, 0.29) is 0 Å². The lowest BCUT2D eigenvalue weighted by molar-refractivity contribution is 0.376. The smallest absolute Gasteiger partial charge is 0.0104 e.